The number of anilines is 1. The van der Waals surface area contributed by atoms with E-state index in [1.807, 2.05) is 36.4 Å². The van der Waals surface area contributed by atoms with Crippen LogP contribution in [0.25, 0.3) is 0 Å². The van der Waals surface area contributed by atoms with Gasteiger partial charge in [0.05, 0.1) is 10.6 Å². The zero-order valence-electron chi connectivity index (χ0n) is 31.0. The van der Waals surface area contributed by atoms with E-state index < -0.39 is 11.9 Å². The lowest BCUT2D eigenvalue weighted by Crippen LogP contribution is -2.74. The number of rotatable bonds is 10. The first kappa shape index (κ1) is 37.2. The SMILES string of the molecule is CC1(C)C(NC(=O)c2ccc(N3CCN(CCOc4ccc5c(c4)C(=O)N(C4CCC(=O)NC4=O)C5)CC3)cc2)C(C)(C)C1Oc1ccc(C#N)c(Cl)c1. The smallest absolute Gasteiger partial charge is 0.255 e. The maximum atomic E-state index is 13.4. The van der Waals surface area contributed by atoms with Gasteiger partial charge >= 0.3 is 0 Å². The number of nitrogens with one attached hydrogen (secondary N) is 2. The first-order valence-electron chi connectivity index (χ1n) is 18.4. The number of carbonyl (C=O) groups is 4. The molecule has 4 amide bonds. The largest absolute Gasteiger partial charge is 0.492 e. The number of imide groups is 1. The van der Waals surface area contributed by atoms with Crippen molar-refractivity contribution < 1.29 is 28.7 Å². The maximum Gasteiger partial charge on any atom is 0.255 e. The predicted octanol–water partition coefficient (Wildman–Crippen LogP) is 4.79. The average Bonchev–Trinajstić information content (AvgIpc) is 3.47. The molecular formula is C41H45ClN6O6. The Morgan fingerprint density at radius 2 is 1.67 bits per heavy atom. The van der Waals surface area contributed by atoms with E-state index in [1.165, 1.54) is 0 Å². The molecule has 0 bridgehead atoms. The van der Waals surface area contributed by atoms with Gasteiger partial charge < -0.3 is 24.6 Å². The summed E-state index contributed by atoms with van der Waals surface area (Å²) in [4.78, 5) is 56.7. The Morgan fingerprint density at radius 3 is 2.33 bits per heavy atom. The first-order chi connectivity index (χ1) is 25.8. The van der Waals surface area contributed by atoms with Crippen molar-refractivity contribution in [2.24, 2.45) is 10.8 Å². The number of carbonyl (C=O) groups excluding carboxylic acids is 4. The molecule has 3 aromatic rings. The Morgan fingerprint density at radius 1 is 0.963 bits per heavy atom. The second-order valence-electron chi connectivity index (χ2n) is 15.7. The van der Waals surface area contributed by atoms with E-state index in [0.29, 0.717) is 52.8 Å². The van der Waals surface area contributed by atoms with Crippen LogP contribution < -0.4 is 25.0 Å². The number of nitriles is 1. The van der Waals surface area contributed by atoms with Gasteiger partial charge in [0.2, 0.25) is 11.8 Å². The molecule has 54 heavy (non-hydrogen) atoms. The van der Waals surface area contributed by atoms with Gasteiger partial charge in [-0.15, -0.1) is 0 Å². The van der Waals surface area contributed by atoms with E-state index in [9.17, 15) is 24.4 Å². The molecule has 1 unspecified atom stereocenters. The highest BCUT2D eigenvalue weighted by atomic mass is 35.5. The highest BCUT2D eigenvalue weighted by molar-refractivity contribution is 6.31. The summed E-state index contributed by atoms with van der Waals surface area (Å²) >= 11 is 6.24. The molecule has 3 aromatic carbocycles. The van der Waals surface area contributed by atoms with Crippen molar-refractivity contribution in [2.75, 3.05) is 44.2 Å². The van der Waals surface area contributed by atoms with Crippen molar-refractivity contribution in [1.82, 2.24) is 20.4 Å². The van der Waals surface area contributed by atoms with Crippen molar-refractivity contribution in [2.45, 2.75) is 65.3 Å². The zero-order valence-corrected chi connectivity index (χ0v) is 31.7. The van der Waals surface area contributed by atoms with Crippen LogP contribution in [0.1, 0.15) is 72.4 Å². The van der Waals surface area contributed by atoms with E-state index in [0.717, 1.165) is 44.0 Å². The van der Waals surface area contributed by atoms with Gasteiger partial charge in [-0.25, -0.2) is 0 Å². The van der Waals surface area contributed by atoms with Gasteiger partial charge in [-0.05, 0) is 60.5 Å². The standard InChI is InChI=1S/C41H45ClN6O6/c1-40(2)38(41(3,4)39(40)54-30-12-7-26(23-43)32(42)22-30)45-35(50)25-5-9-28(10-6-25)47-17-15-46(16-18-47)19-20-53-29-11-8-27-24-48(37(52)31(27)21-29)33-13-14-34(49)44-36(33)51/h5-12,21-22,33,38-39H,13-20,24H2,1-4H3,(H,45,50)(H,44,49,51). The number of piperidine rings is 1. The summed E-state index contributed by atoms with van der Waals surface area (Å²) in [5.41, 5.74) is 2.73. The molecule has 12 nitrogen and oxygen atoms in total. The summed E-state index contributed by atoms with van der Waals surface area (Å²) in [6.45, 7) is 13.3. The molecule has 1 saturated carbocycles. The molecule has 0 aromatic heterocycles. The van der Waals surface area contributed by atoms with Crippen LogP contribution >= 0.6 is 11.6 Å². The summed E-state index contributed by atoms with van der Waals surface area (Å²) in [5.74, 6) is 0.140. The minimum Gasteiger partial charge on any atom is -0.492 e. The molecule has 4 aliphatic rings. The predicted molar refractivity (Wildman–Crippen MR) is 202 cm³/mol. The summed E-state index contributed by atoms with van der Waals surface area (Å²) in [7, 11) is 0. The van der Waals surface area contributed by atoms with E-state index in [1.54, 1.807) is 29.2 Å². The molecule has 3 heterocycles. The molecule has 282 valence electrons. The number of piperazine rings is 1. The summed E-state index contributed by atoms with van der Waals surface area (Å²) < 4.78 is 12.4. The van der Waals surface area contributed by atoms with E-state index in [-0.39, 0.29) is 47.1 Å². The molecule has 2 N–H and O–H groups in total. The number of benzene rings is 3. The minimum atomic E-state index is -0.639. The molecule has 0 radical (unpaired) electrons. The Hall–Kier alpha value is -5.12. The number of amides is 4. The summed E-state index contributed by atoms with van der Waals surface area (Å²) in [5, 5.41) is 15.1. The van der Waals surface area contributed by atoms with Crippen LogP contribution in [0.2, 0.25) is 5.02 Å². The van der Waals surface area contributed by atoms with Crippen LogP contribution in [0.4, 0.5) is 5.69 Å². The number of nitrogens with zero attached hydrogens (tertiary/aromatic N) is 4. The topological polar surface area (TPSA) is 144 Å². The molecule has 7 rings (SSSR count). The lowest BCUT2D eigenvalue weighted by molar-refractivity contribution is -0.164. The highest BCUT2D eigenvalue weighted by Crippen LogP contribution is 2.55. The minimum absolute atomic E-state index is 0.128. The van der Waals surface area contributed by atoms with Crippen LogP contribution in [0.3, 0.4) is 0 Å². The fourth-order valence-electron chi connectivity index (χ4n) is 8.78. The van der Waals surface area contributed by atoms with E-state index >= 15 is 0 Å². The normalized spacial score (nSPS) is 23.2. The molecule has 0 spiro atoms. The van der Waals surface area contributed by atoms with Gasteiger partial charge in [-0.2, -0.15) is 5.26 Å². The molecular weight excluding hydrogens is 708 g/mol. The molecule has 1 atom stereocenters. The van der Waals surface area contributed by atoms with Crippen molar-refractivity contribution in [3.05, 3.63) is 87.9 Å². The Balaban J connectivity index is 0.860. The third-order valence-electron chi connectivity index (χ3n) is 11.5. The second kappa shape index (κ2) is 14.6. The van der Waals surface area contributed by atoms with Crippen LogP contribution in [0.5, 0.6) is 11.5 Å². The van der Waals surface area contributed by atoms with Gasteiger partial charge in [0.15, 0.2) is 0 Å². The van der Waals surface area contributed by atoms with Crippen molar-refractivity contribution in [3.63, 3.8) is 0 Å². The third kappa shape index (κ3) is 7.10. The summed E-state index contributed by atoms with van der Waals surface area (Å²) in [6, 6.07) is 19.6. The summed E-state index contributed by atoms with van der Waals surface area (Å²) in [6.07, 6.45) is 0.373. The molecule has 1 aliphatic carbocycles. The number of ether oxygens (including phenoxy) is 2. The van der Waals surface area contributed by atoms with Crippen molar-refractivity contribution in [3.8, 4) is 17.6 Å². The number of hydrogen-bond donors (Lipinski definition) is 2. The highest BCUT2D eigenvalue weighted by Gasteiger charge is 2.64. The van der Waals surface area contributed by atoms with Crippen molar-refractivity contribution in [1.29, 1.82) is 5.26 Å². The third-order valence-corrected chi connectivity index (χ3v) is 11.8. The number of fused-ring (bicyclic) bond motifs is 1. The van der Waals surface area contributed by atoms with E-state index in [4.69, 9.17) is 21.1 Å². The maximum absolute atomic E-state index is 13.4. The number of hydrogen-bond acceptors (Lipinski definition) is 9. The Kier molecular flexibility index (Phi) is 10.1. The fraction of sp³-hybridized carbons (Fsp3) is 0.439. The first-order valence-corrected chi connectivity index (χ1v) is 18.8. The molecule has 13 heteroatoms. The zero-order chi connectivity index (χ0) is 38.4. The average molecular weight is 753 g/mol. The quantitative estimate of drug-likeness (QED) is 0.280. The van der Waals surface area contributed by atoms with Crippen LogP contribution in [-0.2, 0) is 16.1 Å². The van der Waals surface area contributed by atoms with Gasteiger partial charge in [0.1, 0.15) is 36.3 Å². The molecule has 3 aliphatic heterocycles. The van der Waals surface area contributed by atoms with E-state index in [2.05, 4.69) is 54.2 Å². The fourth-order valence-corrected chi connectivity index (χ4v) is 8.99. The number of halogens is 1. The Bertz CT molecular complexity index is 2000. The molecule has 2 saturated heterocycles. The van der Waals surface area contributed by atoms with Gasteiger partial charge in [-0.1, -0.05) is 45.4 Å². The van der Waals surface area contributed by atoms with Gasteiger partial charge in [0.25, 0.3) is 11.8 Å². The van der Waals surface area contributed by atoms with Crippen LogP contribution in [0.15, 0.2) is 60.7 Å². The van der Waals surface area contributed by atoms with Crippen LogP contribution in [0, 0.1) is 22.2 Å². The lowest BCUT2D eigenvalue weighted by atomic mass is 9.49. The second-order valence-corrected chi connectivity index (χ2v) is 16.2. The Labute approximate surface area is 320 Å². The molecule has 3 fully saturated rings. The van der Waals surface area contributed by atoms with Crippen LogP contribution in [-0.4, -0.2) is 90.9 Å². The van der Waals surface area contributed by atoms with Crippen molar-refractivity contribution >= 4 is 40.9 Å². The van der Waals surface area contributed by atoms with Gasteiger partial charge in [0, 0.05) is 85.4 Å². The monoisotopic (exact) mass is 752 g/mol. The van der Waals surface area contributed by atoms with Gasteiger partial charge in [-0.3, -0.25) is 29.4 Å². The lowest BCUT2D eigenvalue weighted by Gasteiger charge is -2.63.